The van der Waals surface area contributed by atoms with Crippen molar-refractivity contribution in [2.24, 2.45) is 0 Å². The number of ether oxygens (including phenoxy) is 7. The fraction of sp³-hybridized carbons (Fsp3) is 0.610. The van der Waals surface area contributed by atoms with E-state index in [-0.39, 0.29) is 70.9 Å². The van der Waals surface area contributed by atoms with Crippen molar-refractivity contribution < 1.29 is 72.8 Å². The van der Waals surface area contributed by atoms with Gasteiger partial charge in [-0.25, -0.2) is 0 Å². The number of aliphatic hydroxyl groups is 2. The molecule has 2 aliphatic carbocycles. The molecule has 5 aliphatic rings. The summed E-state index contributed by atoms with van der Waals surface area (Å²) in [5.41, 5.74) is -2.51. The molecule has 0 aromatic heterocycles. The Morgan fingerprint density at radius 1 is 0.912 bits per heavy atom. The Kier molecular flexibility index (Phi) is 11.7. The summed E-state index contributed by atoms with van der Waals surface area (Å²) in [5, 5.41) is 48.9. The van der Waals surface area contributed by atoms with Crippen molar-refractivity contribution in [3.05, 3.63) is 57.6 Å². The summed E-state index contributed by atoms with van der Waals surface area (Å²) in [6.45, 7) is 6.92. The van der Waals surface area contributed by atoms with Crippen molar-refractivity contribution in [3.63, 3.8) is 0 Å². The van der Waals surface area contributed by atoms with Crippen LogP contribution in [0.2, 0.25) is 0 Å². The van der Waals surface area contributed by atoms with Gasteiger partial charge in [0.2, 0.25) is 5.78 Å². The highest BCUT2D eigenvalue weighted by atomic mass is 16.7. The largest absolute Gasteiger partial charge is 0.507 e. The lowest BCUT2D eigenvalue weighted by Gasteiger charge is -2.47. The normalized spacial score (nSPS) is 36.6. The third-order valence-electron chi connectivity index (χ3n) is 12.2. The van der Waals surface area contributed by atoms with E-state index in [4.69, 9.17) is 33.2 Å². The van der Waals surface area contributed by atoms with Crippen molar-refractivity contribution >= 4 is 23.3 Å². The van der Waals surface area contributed by atoms with Crippen molar-refractivity contribution in [2.45, 2.75) is 145 Å². The zero-order valence-corrected chi connectivity index (χ0v) is 32.8. The van der Waals surface area contributed by atoms with Gasteiger partial charge in [0, 0.05) is 54.8 Å². The summed E-state index contributed by atoms with van der Waals surface area (Å²) >= 11 is 0. The molecule has 3 fully saturated rings. The van der Waals surface area contributed by atoms with Gasteiger partial charge >= 0.3 is 5.97 Å². The lowest BCUT2D eigenvalue weighted by molar-refractivity contribution is -0.321. The topological polar surface area (TPSA) is 226 Å². The average molecular weight is 798 g/mol. The molecule has 7 rings (SSSR count). The summed E-state index contributed by atoms with van der Waals surface area (Å²) in [7, 11) is 2.92. The molecule has 0 amide bonds. The first kappa shape index (κ1) is 41.3. The van der Waals surface area contributed by atoms with Gasteiger partial charge in [0.15, 0.2) is 30.4 Å². The zero-order valence-electron chi connectivity index (χ0n) is 32.8. The van der Waals surface area contributed by atoms with Gasteiger partial charge in [-0.15, -0.1) is 0 Å². The number of hydrogen-bond donors (Lipinski definition) is 5. The molecule has 5 N–H and O–H groups in total. The minimum atomic E-state index is -1.76. The Balaban J connectivity index is 1.12. The van der Waals surface area contributed by atoms with Gasteiger partial charge in [-0.05, 0) is 51.9 Å². The average Bonchev–Trinajstić information content (AvgIpc) is 3.17. The predicted molar refractivity (Wildman–Crippen MR) is 197 cm³/mol. The Bertz CT molecular complexity index is 1910. The zero-order chi connectivity index (χ0) is 41.1. The number of carbonyl (C=O) groups is 4. The molecule has 16 heteroatoms. The number of phenolic OH excluding ortho intramolecular Hbond substituents is 2. The SMILES string of the molecule is CC[C@@]1(O)C[C@H](O[C@H]2C[C@@H](NC)[C@H](O[C@H]3C[C@@H](O)[C@H](O[C@H]4CCC(=O)[C@H](C)O4)[C@H](C)O3)[C@H](C)O2)c2c(cc3c(c2O)C(=O)c2c(O)cccc2C3=O)[C@H]1C(=O)OC. The Morgan fingerprint density at radius 3 is 2.25 bits per heavy atom. The molecule has 3 heterocycles. The molecule has 13 atom stereocenters. The van der Waals surface area contributed by atoms with Crippen molar-refractivity contribution in [1.82, 2.24) is 5.32 Å². The van der Waals surface area contributed by atoms with Crippen molar-refractivity contribution in [2.75, 3.05) is 14.2 Å². The number of aliphatic hydroxyl groups excluding tert-OH is 1. The second kappa shape index (κ2) is 16.1. The quantitative estimate of drug-likeness (QED) is 0.196. The number of Topliss-reactive ketones (excluding diaryl/α,β-unsaturated/α-hetero) is 1. The number of rotatable bonds is 9. The molecule has 57 heavy (non-hydrogen) atoms. The van der Waals surface area contributed by atoms with Crippen molar-refractivity contribution in [1.29, 1.82) is 0 Å². The van der Waals surface area contributed by atoms with Crippen LogP contribution in [0.3, 0.4) is 0 Å². The number of ketones is 3. The number of aromatic hydroxyl groups is 2. The molecule has 3 aliphatic heterocycles. The maximum Gasteiger partial charge on any atom is 0.316 e. The van der Waals surface area contributed by atoms with E-state index in [0.29, 0.717) is 12.8 Å². The predicted octanol–water partition coefficient (Wildman–Crippen LogP) is 2.82. The highest BCUT2D eigenvalue weighted by Gasteiger charge is 2.53. The molecule has 16 nitrogen and oxygen atoms in total. The van der Waals surface area contributed by atoms with E-state index in [2.05, 4.69) is 5.32 Å². The van der Waals surface area contributed by atoms with Crippen LogP contribution in [0.4, 0.5) is 0 Å². The number of benzene rings is 2. The summed E-state index contributed by atoms with van der Waals surface area (Å²) in [6.07, 6.45) is -6.70. The van der Waals surface area contributed by atoms with Crippen LogP contribution in [0, 0.1) is 0 Å². The minimum absolute atomic E-state index is 0.00447. The fourth-order valence-corrected chi connectivity index (χ4v) is 9.08. The number of fused-ring (bicyclic) bond motifs is 3. The lowest BCUT2D eigenvalue weighted by atomic mass is 9.67. The van der Waals surface area contributed by atoms with E-state index in [1.165, 1.54) is 31.4 Å². The number of esters is 1. The van der Waals surface area contributed by atoms with Crippen LogP contribution in [0.1, 0.15) is 121 Å². The molecule has 310 valence electrons. The number of carbonyl (C=O) groups excluding carboxylic acids is 4. The molecule has 0 bridgehead atoms. The summed E-state index contributed by atoms with van der Waals surface area (Å²) in [4.78, 5) is 52.9. The highest BCUT2D eigenvalue weighted by Crippen LogP contribution is 2.54. The van der Waals surface area contributed by atoms with Crippen LogP contribution in [0.15, 0.2) is 24.3 Å². The van der Waals surface area contributed by atoms with Gasteiger partial charge in [0.05, 0.1) is 48.3 Å². The standard InChI is InChI=1S/C41H51NO15/c1-7-41(50)16-27(32-21(34(41)40(49)51-6)13-22-33(37(32)48)36(47)31-20(35(22)46)9-8-10-25(31)44)55-29-14-23(42-5)38(18(3)53-29)57-30-15-26(45)39(19(4)54-30)56-28-12-11-24(43)17(2)52-28/h8-10,13,17-19,23,26-30,34,38-39,42,44-45,48,50H,7,11-12,14-16H2,1-6H3/t17-,18-,19-,23+,26+,27-,28-,29-,30-,34-,38+,39+,41+/m0/s1. The van der Waals surface area contributed by atoms with Crippen LogP contribution in [0.25, 0.3) is 0 Å². The van der Waals surface area contributed by atoms with Crippen LogP contribution in [-0.4, -0.2) is 125 Å². The molecule has 0 spiro atoms. The van der Waals surface area contributed by atoms with Crippen LogP contribution >= 0.6 is 0 Å². The number of hydrogen-bond acceptors (Lipinski definition) is 16. The molecular formula is C41H51NO15. The monoisotopic (exact) mass is 797 g/mol. The first-order valence-corrected chi connectivity index (χ1v) is 19.5. The van der Waals surface area contributed by atoms with E-state index >= 15 is 0 Å². The van der Waals surface area contributed by atoms with Crippen LogP contribution < -0.4 is 5.32 Å². The Hall–Kier alpha value is -3.84. The van der Waals surface area contributed by atoms with Gasteiger partial charge in [-0.2, -0.15) is 0 Å². The maximum absolute atomic E-state index is 13.9. The molecule has 0 saturated carbocycles. The molecule has 3 saturated heterocycles. The van der Waals surface area contributed by atoms with Crippen molar-refractivity contribution in [3.8, 4) is 11.5 Å². The van der Waals surface area contributed by atoms with Gasteiger partial charge in [-0.1, -0.05) is 19.1 Å². The molecule has 2 aromatic carbocycles. The lowest BCUT2D eigenvalue weighted by Crippen LogP contribution is -2.58. The molecule has 0 unspecified atom stereocenters. The summed E-state index contributed by atoms with van der Waals surface area (Å²) in [6, 6.07) is 5.04. The number of likely N-dealkylation sites (N-methyl/N-ethyl adjacent to an activating group) is 1. The number of methoxy groups -OCH3 is 1. The first-order chi connectivity index (χ1) is 27.1. The third-order valence-corrected chi connectivity index (χ3v) is 12.2. The summed E-state index contributed by atoms with van der Waals surface area (Å²) in [5.74, 6) is -4.61. The Morgan fingerprint density at radius 2 is 1.60 bits per heavy atom. The maximum atomic E-state index is 13.9. The molecule has 0 radical (unpaired) electrons. The van der Waals surface area contributed by atoms with E-state index < -0.39 is 102 Å². The van der Waals surface area contributed by atoms with Gasteiger partial charge in [0.1, 0.15) is 35.7 Å². The summed E-state index contributed by atoms with van der Waals surface area (Å²) < 4.78 is 42.3. The minimum Gasteiger partial charge on any atom is -0.507 e. The number of phenols is 2. The van der Waals surface area contributed by atoms with E-state index in [0.717, 1.165) is 0 Å². The van der Waals surface area contributed by atoms with E-state index in [1.807, 2.05) is 0 Å². The highest BCUT2D eigenvalue weighted by molar-refractivity contribution is 6.30. The Labute approximate surface area is 329 Å². The fourth-order valence-electron chi connectivity index (χ4n) is 9.08. The molecular weight excluding hydrogens is 746 g/mol. The number of nitrogens with one attached hydrogen (secondary N) is 1. The van der Waals surface area contributed by atoms with Crippen LogP contribution in [0.5, 0.6) is 11.5 Å². The molecule has 2 aromatic rings. The second-order valence-electron chi connectivity index (χ2n) is 15.6. The van der Waals surface area contributed by atoms with Gasteiger partial charge < -0.3 is 58.9 Å². The van der Waals surface area contributed by atoms with E-state index in [1.54, 1.807) is 34.7 Å². The second-order valence-corrected chi connectivity index (χ2v) is 15.6. The smallest absolute Gasteiger partial charge is 0.316 e. The van der Waals surface area contributed by atoms with Crippen LogP contribution in [-0.2, 0) is 42.7 Å². The first-order valence-electron chi connectivity index (χ1n) is 19.5. The van der Waals surface area contributed by atoms with Gasteiger partial charge in [-0.3, -0.25) is 19.2 Å². The van der Waals surface area contributed by atoms with E-state index in [9.17, 15) is 39.6 Å². The third kappa shape index (κ3) is 7.40. The van der Waals surface area contributed by atoms with Gasteiger partial charge in [0.25, 0.3) is 0 Å².